The number of unbranched alkanes of at least 4 members (excludes halogenated alkanes) is 24. The molecule has 1 N–H and O–H groups in total. The smallest absolute Gasteiger partial charge is 0.306 e. The van der Waals surface area contributed by atoms with Crippen molar-refractivity contribution in [1.29, 1.82) is 0 Å². The standard InChI is InChI=1S/C36H71O7P.C8H20NO/c1-4-6-8-10-12-14-16-18-20-22-24-26-28-30-35(37)40-32-34(33-41-44-43-39-3)42-36(38)31-29-27-25-23-21-19-17-15-13-11-9-7-5-2;1-4-9(5-2,6-3)7-8-10/h34,44H,4-33H2,1-3H3;10H,4-8H2,1-3H3/q;+1. The van der Waals surface area contributed by atoms with E-state index in [-0.39, 0.29) is 34.2 Å². The molecule has 0 saturated heterocycles. The van der Waals surface area contributed by atoms with Crippen molar-refractivity contribution < 1.29 is 42.7 Å². The summed E-state index contributed by atoms with van der Waals surface area (Å²) >= 11 is 0. The molecule has 0 aromatic carbocycles. The maximum atomic E-state index is 12.4. The van der Waals surface area contributed by atoms with Gasteiger partial charge in [0.2, 0.25) is 0 Å². The van der Waals surface area contributed by atoms with Crippen LogP contribution < -0.4 is 0 Å². The van der Waals surface area contributed by atoms with E-state index < -0.39 is 6.10 Å². The van der Waals surface area contributed by atoms with Crippen LogP contribution in [0.5, 0.6) is 0 Å². The molecule has 10 heteroatoms. The molecule has 0 fully saturated rings. The van der Waals surface area contributed by atoms with Crippen molar-refractivity contribution in [3.8, 4) is 0 Å². The van der Waals surface area contributed by atoms with Crippen LogP contribution in [0.3, 0.4) is 0 Å². The molecule has 0 rings (SSSR count). The second kappa shape index (κ2) is 44.9. The Morgan fingerprint density at radius 3 is 1.24 bits per heavy atom. The number of likely N-dealkylation sites (N-methyl/N-ethyl adjacent to an activating group) is 1. The van der Waals surface area contributed by atoms with Gasteiger partial charge in [0.1, 0.15) is 13.2 Å². The monoisotopic (exact) mass is 793 g/mol. The molecule has 0 saturated carbocycles. The zero-order chi connectivity index (χ0) is 40.2. The van der Waals surface area contributed by atoms with Gasteiger partial charge in [-0.25, -0.2) is 4.89 Å². The Bertz CT molecular complexity index is 763. The van der Waals surface area contributed by atoms with Crippen LogP contribution in [-0.4, -0.2) is 80.7 Å². The van der Waals surface area contributed by atoms with Gasteiger partial charge in [-0.15, -0.1) is 0 Å². The third-order valence-corrected chi connectivity index (χ3v) is 11.2. The molecule has 0 heterocycles. The number of carbonyl (C=O) groups is 2. The van der Waals surface area contributed by atoms with E-state index in [9.17, 15) is 9.59 Å². The maximum absolute atomic E-state index is 12.4. The van der Waals surface area contributed by atoms with Crippen molar-refractivity contribution in [2.75, 3.05) is 53.1 Å². The zero-order valence-corrected chi connectivity index (χ0v) is 37.6. The molecule has 0 bridgehead atoms. The van der Waals surface area contributed by atoms with E-state index in [2.05, 4.69) is 39.5 Å². The first-order chi connectivity index (χ1) is 26.4. The molecular weight excluding hydrogens is 701 g/mol. The Morgan fingerprint density at radius 2 is 0.907 bits per heavy atom. The van der Waals surface area contributed by atoms with Gasteiger partial charge in [-0.3, -0.25) is 9.59 Å². The van der Waals surface area contributed by atoms with Crippen molar-refractivity contribution >= 4 is 21.0 Å². The first kappa shape index (κ1) is 55.3. The van der Waals surface area contributed by atoms with E-state index in [1.165, 1.54) is 136 Å². The number of hydrogen-bond acceptors (Lipinski definition) is 8. The minimum atomic E-state index is -0.645. The number of nitrogens with zero attached hydrogens (tertiary/aromatic N) is 1. The summed E-state index contributed by atoms with van der Waals surface area (Å²) < 4.78 is 22.2. The molecule has 9 nitrogen and oxygen atoms in total. The lowest BCUT2D eigenvalue weighted by Crippen LogP contribution is -2.49. The molecule has 0 amide bonds. The van der Waals surface area contributed by atoms with Gasteiger partial charge in [0.05, 0.1) is 40.0 Å². The fourth-order valence-electron chi connectivity index (χ4n) is 6.74. The summed E-state index contributed by atoms with van der Waals surface area (Å²) in [5.74, 6) is -0.522. The highest BCUT2D eigenvalue weighted by atomic mass is 31.1. The number of quaternary nitrogens is 1. The SMILES string of the molecule is CCCCCCCCCCCCCCCC(=O)OCC(COPOOC)OC(=O)CCCCCCCCCCCCCCC.CC[N+](CC)(CC)CCO. The largest absolute Gasteiger partial charge is 0.462 e. The van der Waals surface area contributed by atoms with E-state index in [0.717, 1.165) is 69.2 Å². The number of aliphatic hydroxyl groups excluding tert-OH is 1. The summed E-state index contributed by atoms with van der Waals surface area (Å²) in [6.07, 6.45) is 33.0. The Kier molecular flexibility index (Phi) is 45.9. The van der Waals surface area contributed by atoms with Crippen LogP contribution in [0.1, 0.15) is 214 Å². The molecule has 0 aromatic rings. The highest BCUT2D eigenvalue weighted by molar-refractivity contribution is 7.26. The highest BCUT2D eigenvalue weighted by Crippen LogP contribution is 2.17. The van der Waals surface area contributed by atoms with Crippen LogP contribution in [0.2, 0.25) is 0 Å². The van der Waals surface area contributed by atoms with Gasteiger partial charge in [0.15, 0.2) is 15.1 Å². The van der Waals surface area contributed by atoms with Crippen LogP contribution in [0, 0.1) is 0 Å². The predicted octanol–water partition coefficient (Wildman–Crippen LogP) is 12.4. The zero-order valence-electron chi connectivity index (χ0n) is 36.6. The topological polar surface area (TPSA) is 101 Å². The van der Waals surface area contributed by atoms with Gasteiger partial charge in [-0.05, 0) is 33.6 Å². The Labute approximate surface area is 336 Å². The van der Waals surface area contributed by atoms with Gasteiger partial charge in [0.25, 0.3) is 0 Å². The fourth-order valence-corrected chi connectivity index (χ4v) is 7.11. The molecule has 2 unspecified atom stereocenters. The lowest BCUT2D eigenvalue weighted by molar-refractivity contribution is -0.923. The second-order valence-corrected chi connectivity index (χ2v) is 15.8. The molecule has 0 spiro atoms. The van der Waals surface area contributed by atoms with E-state index in [4.69, 9.17) is 23.8 Å². The molecule has 2 atom stereocenters. The fraction of sp³-hybridized carbons (Fsp3) is 0.955. The molecule has 0 radical (unpaired) electrons. The van der Waals surface area contributed by atoms with Crippen molar-refractivity contribution in [1.82, 2.24) is 0 Å². The lowest BCUT2D eigenvalue weighted by Gasteiger charge is -2.34. The van der Waals surface area contributed by atoms with Crippen molar-refractivity contribution in [3.05, 3.63) is 0 Å². The summed E-state index contributed by atoms with van der Waals surface area (Å²) in [6, 6.07) is 0. The maximum Gasteiger partial charge on any atom is 0.306 e. The molecule has 0 aliphatic heterocycles. The average molecular weight is 793 g/mol. The molecule has 0 aliphatic carbocycles. The predicted molar refractivity (Wildman–Crippen MR) is 228 cm³/mol. The summed E-state index contributed by atoms with van der Waals surface area (Å²) in [4.78, 5) is 29.2. The third-order valence-electron chi connectivity index (χ3n) is 10.7. The molecule has 0 aliphatic rings. The summed E-state index contributed by atoms with van der Waals surface area (Å²) in [6.45, 7) is 15.8. The molecule has 0 aromatic heterocycles. The van der Waals surface area contributed by atoms with E-state index >= 15 is 0 Å². The number of esters is 2. The lowest BCUT2D eigenvalue weighted by atomic mass is 10.0. The van der Waals surface area contributed by atoms with Crippen molar-refractivity contribution in [2.45, 2.75) is 221 Å². The summed E-state index contributed by atoms with van der Waals surface area (Å²) in [5, 5.41) is 8.78. The van der Waals surface area contributed by atoms with Gasteiger partial charge in [0, 0.05) is 12.8 Å². The van der Waals surface area contributed by atoms with Crippen LogP contribution in [-0.2, 0) is 33.1 Å². The number of aliphatic hydroxyl groups is 1. The van der Waals surface area contributed by atoms with Gasteiger partial charge >= 0.3 is 11.9 Å². The third kappa shape index (κ3) is 39.4. The van der Waals surface area contributed by atoms with Crippen LogP contribution in [0.4, 0.5) is 0 Å². The van der Waals surface area contributed by atoms with Crippen LogP contribution in [0.15, 0.2) is 0 Å². The highest BCUT2D eigenvalue weighted by Gasteiger charge is 2.19. The second-order valence-electron chi connectivity index (χ2n) is 15.2. The first-order valence-corrected chi connectivity index (χ1v) is 23.6. The Morgan fingerprint density at radius 1 is 0.537 bits per heavy atom. The minimum absolute atomic E-state index is 0.000909. The van der Waals surface area contributed by atoms with E-state index in [0.29, 0.717) is 19.4 Å². The number of carbonyl (C=O) groups excluding carboxylic acids is 2. The van der Waals surface area contributed by atoms with Gasteiger partial charge in [-0.2, -0.15) is 4.67 Å². The molecular formula is C44H91NO8P+. The molecule has 324 valence electrons. The van der Waals surface area contributed by atoms with Gasteiger partial charge in [-0.1, -0.05) is 168 Å². The Hall–Kier alpha value is -0.830. The van der Waals surface area contributed by atoms with Crippen LogP contribution >= 0.6 is 9.03 Å². The normalized spacial score (nSPS) is 12.2. The number of rotatable bonds is 41. The van der Waals surface area contributed by atoms with Crippen molar-refractivity contribution in [2.24, 2.45) is 0 Å². The molecule has 54 heavy (non-hydrogen) atoms. The average Bonchev–Trinajstić information content (AvgIpc) is 3.18. The van der Waals surface area contributed by atoms with Crippen molar-refractivity contribution in [3.63, 3.8) is 0 Å². The minimum Gasteiger partial charge on any atom is -0.462 e. The first-order valence-electron chi connectivity index (χ1n) is 22.8. The summed E-state index contributed by atoms with van der Waals surface area (Å²) in [5.41, 5.74) is 0. The van der Waals surface area contributed by atoms with E-state index in [1.807, 2.05) is 0 Å². The van der Waals surface area contributed by atoms with E-state index in [1.54, 1.807) is 0 Å². The number of hydrogen-bond donors (Lipinski definition) is 1. The van der Waals surface area contributed by atoms with Crippen LogP contribution in [0.25, 0.3) is 0 Å². The number of ether oxygens (including phenoxy) is 2. The Balaban J connectivity index is 0. The van der Waals surface area contributed by atoms with Gasteiger partial charge < -0.3 is 23.6 Å². The quantitative estimate of drug-likeness (QED) is 0.0163. The summed E-state index contributed by atoms with van der Waals surface area (Å²) in [7, 11) is 1.07.